The molecule has 0 bridgehead atoms. The Morgan fingerprint density at radius 1 is 0.960 bits per heavy atom. The lowest BCUT2D eigenvalue weighted by molar-refractivity contribution is 0.628. The lowest BCUT2D eigenvalue weighted by atomic mass is 10.1. The second-order valence-corrected chi connectivity index (χ2v) is 6.65. The van der Waals surface area contributed by atoms with E-state index in [1.807, 2.05) is 0 Å². The third kappa shape index (κ3) is 3.45. The molecule has 25 heavy (non-hydrogen) atoms. The van der Waals surface area contributed by atoms with Crippen LogP contribution in [0.1, 0.15) is 5.69 Å². The Balaban J connectivity index is 2.16. The molecule has 3 aromatic rings. The summed E-state index contributed by atoms with van der Waals surface area (Å²) in [5.74, 6) is -0.431. The predicted octanol–water partition coefficient (Wildman–Crippen LogP) is 6.38. The van der Waals surface area contributed by atoms with Gasteiger partial charge in [0.15, 0.2) is 0 Å². The number of rotatable bonds is 3. The Morgan fingerprint density at radius 2 is 1.56 bits per heavy atom. The van der Waals surface area contributed by atoms with Crippen molar-refractivity contribution < 1.29 is 8.78 Å². The van der Waals surface area contributed by atoms with Gasteiger partial charge < -0.3 is 5.32 Å². The number of hydrogen-bond acceptors (Lipinski definition) is 2. The third-order valence-electron chi connectivity index (χ3n) is 3.67. The zero-order chi connectivity index (χ0) is 18.3. The molecule has 0 unspecified atom stereocenters. The molecule has 2 aromatic carbocycles. The van der Waals surface area contributed by atoms with Gasteiger partial charge in [-0.15, -0.1) is 0 Å². The van der Waals surface area contributed by atoms with Crippen molar-refractivity contribution in [2.24, 2.45) is 7.05 Å². The van der Waals surface area contributed by atoms with E-state index in [1.54, 1.807) is 24.7 Å². The first kappa shape index (κ1) is 18.0. The fourth-order valence-electron chi connectivity index (χ4n) is 2.60. The summed E-state index contributed by atoms with van der Waals surface area (Å²) in [6, 6.07) is 6.42. The van der Waals surface area contributed by atoms with Gasteiger partial charge in [-0.3, -0.25) is 4.68 Å². The molecule has 130 valence electrons. The van der Waals surface area contributed by atoms with Gasteiger partial charge in [0.2, 0.25) is 0 Å². The van der Waals surface area contributed by atoms with E-state index in [-0.39, 0.29) is 15.1 Å². The molecule has 0 saturated carbocycles. The molecule has 3 rings (SSSR count). The van der Waals surface area contributed by atoms with Crippen molar-refractivity contribution in [1.82, 2.24) is 9.78 Å². The summed E-state index contributed by atoms with van der Waals surface area (Å²) in [4.78, 5) is 0. The van der Waals surface area contributed by atoms with E-state index in [1.165, 1.54) is 12.1 Å². The monoisotopic (exact) mass is 401 g/mol. The van der Waals surface area contributed by atoms with Crippen LogP contribution >= 0.6 is 34.8 Å². The first-order valence-corrected chi connectivity index (χ1v) is 8.32. The van der Waals surface area contributed by atoms with Gasteiger partial charge in [-0.25, -0.2) is 8.78 Å². The van der Waals surface area contributed by atoms with E-state index in [2.05, 4.69) is 10.4 Å². The molecular weight excluding hydrogens is 391 g/mol. The highest BCUT2D eigenvalue weighted by molar-refractivity contribution is 6.39. The Kier molecular flexibility index (Phi) is 4.91. The maximum Gasteiger partial charge on any atom is 0.136 e. The van der Waals surface area contributed by atoms with Gasteiger partial charge in [-0.1, -0.05) is 34.8 Å². The zero-order valence-corrected chi connectivity index (χ0v) is 15.4. The van der Waals surface area contributed by atoms with E-state index < -0.39 is 11.6 Å². The number of nitrogens with one attached hydrogen (secondary N) is 1. The molecule has 0 aliphatic rings. The smallest absolute Gasteiger partial charge is 0.136 e. The van der Waals surface area contributed by atoms with Crippen LogP contribution in [0.2, 0.25) is 15.1 Å². The topological polar surface area (TPSA) is 29.9 Å². The quantitative estimate of drug-likeness (QED) is 0.551. The highest BCUT2D eigenvalue weighted by atomic mass is 35.5. The summed E-state index contributed by atoms with van der Waals surface area (Å²) in [7, 11) is 1.72. The summed E-state index contributed by atoms with van der Waals surface area (Å²) in [6.07, 6.45) is 0. The van der Waals surface area contributed by atoms with E-state index >= 15 is 0 Å². The van der Waals surface area contributed by atoms with Gasteiger partial charge in [0.05, 0.1) is 26.4 Å². The lowest BCUT2D eigenvalue weighted by Gasteiger charge is -2.14. The average molecular weight is 403 g/mol. The first-order chi connectivity index (χ1) is 11.8. The second kappa shape index (κ2) is 6.83. The van der Waals surface area contributed by atoms with E-state index in [9.17, 15) is 8.78 Å². The summed E-state index contributed by atoms with van der Waals surface area (Å²) >= 11 is 18.4. The lowest BCUT2D eigenvalue weighted by Crippen LogP contribution is -2.02. The molecule has 0 atom stereocenters. The number of hydrogen-bond donors (Lipinski definition) is 1. The minimum Gasteiger partial charge on any atom is -0.337 e. The second-order valence-electron chi connectivity index (χ2n) is 5.43. The number of halogens is 5. The van der Waals surface area contributed by atoms with Gasteiger partial charge in [-0.2, -0.15) is 5.10 Å². The van der Waals surface area contributed by atoms with Gasteiger partial charge in [0.25, 0.3) is 0 Å². The molecule has 0 aliphatic carbocycles. The molecule has 0 fully saturated rings. The minimum absolute atomic E-state index is 0.125. The molecule has 1 aromatic heterocycles. The zero-order valence-electron chi connectivity index (χ0n) is 13.2. The maximum absolute atomic E-state index is 13.4. The molecule has 0 spiro atoms. The van der Waals surface area contributed by atoms with Gasteiger partial charge in [0.1, 0.15) is 17.5 Å². The van der Waals surface area contributed by atoms with E-state index in [0.29, 0.717) is 28.3 Å². The maximum atomic E-state index is 13.4. The van der Waals surface area contributed by atoms with Crippen molar-refractivity contribution in [1.29, 1.82) is 0 Å². The van der Waals surface area contributed by atoms with Gasteiger partial charge in [-0.05, 0) is 37.3 Å². The first-order valence-electron chi connectivity index (χ1n) is 7.18. The minimum atomic E-state index is -0.538. The highest BCUT2D eigenvalue weighted by Gasteiger charge is 2.20. The van der Waals surface area contributed by atoms with Gasteiger partial charge >= 0.3 is 0 Å². The van der Waals surface area contributed by atoms with Crippen LogP contribution < -0.4 is 5.32 Å². The van der Waals surface area contributed by atoms with Crippen LogP contribution in [0, 0.1) is 18.6 Å². The van der Waals surface area contributed by atoms with Crippen molar-refractivity contribution in [2.45, 2.75) is 6.92 Å². The van der Waals surface area contributed by atoms with E-state index in [0.717, 1.165) is 12.1 Å². The number of benzene rings is 2. The fourth-order valence-corrected chi connectivity index (χ4v) is 3.41. The van der Waals surface area contributed by atoms with Crippen LogP contribution in [0.15, 0.2) is 30.3 Å². The summed E-state index contributed by atoms with van der Waals surface area (Å²) in [6.45, 7) is 1.80. The van der Waals surface area contributed by atoms with Crippen LogP contribution in [0.3, 0.4) is 0 Å². The van der Waals surface area contributed by atoms with Crippen LogP contribution in [-0.4, -0.2) is 9.78 Å². The molecule has 0 aliphatic heterocycles. The Hall–Kier alpha value is -1.82. The molecule has 1 heterocycles. The Labute approximate surface area is 158 Å². The van der Waals surface area contributed by atoms with Crippen LogP contribution in [0.5, 0.6) is 0 Å². The molecule has 0 saturated heterocycles. The fraction of sp³-hybridized carbons (Fsp3) is 0.118. The largest absolute Gasteiger partial charge is 0.337 e. The summed E-state index contributed by atoms with van der Waals surface area (Å²) in [5, 5.41) is 7.94. The predicted molar refractivity (Wildman–Crippen MR) is 98.1 cm³/mol. The van der Waals surface area contributed by atoms with Gasteiger partial charge in [0, 0.05) is 18.2 Å². The molecular formula is C17H12Cl3F2N3. The average Bonchev–Trinajstić information content (AvgIpc) is 2.77. The van der Waals surface area contributed by atoms with Crippen molar-refractivity contribution in [3.05, 3.63) is 62.7 Å². The molecule has 0 amide bonds. The summed E-state index contributed by atoms with van der Waals surface area (Å²) < 4.78 is 28.4. The number of nitrogens with zero attached hydrogens (tertiary/aromatic N) is 2. The third-order valence-corrected chi connectivity index (χ3v) is 4.58. The van der Waals surface area contributed by atoms with Crippen LogP contribution in [-0.2, 0) is 7.05 Å². The number of anilines is 2. The Bertz CT molecular complexity index is 947. The SMILES string of the molecule is Cc1nn(C)c(Nc2c(Cl)cc(F)cc2Cl)c1-c1ccc(F)cc1Cl. The van der Waals surface area contributed by atoms with Crippen molar-refractivity contribution in [2.75, 3.05) is 5.32 Å². The molecule has 1 N–H and O–H groups in total. The number of aromatic nitrogens is 2. The normalized spacial score (nSPS) is 11.0. The van der Waals surface area contributed by atoms with Crippen molar-refractivity contribution in [3.8, 4) is 11.1 Å². The molecule has 3 nitrogen and oxygen atoms in total. The Morgan fingerprint density at radius 3 is 2.16 bits per heavy atom. The van der Waals surface area contributed by atoms with Crippen molar-refractivity contribution >= 4 is 46.3 Å². The molecule has 0 radical (unpaired) electrons. The van der Waals surface area contributed by atoms with Crippen LogP contribution in [0.4, 0.5) is 20.3 Å². The number of aryl methyl sites for hydroxylation is 2. The highest BCUT2D eigenvalue weighted by Crippen LogP contribution is 2.40. The van der Waals surface area contributed by atoms with Crippen LogP contribution in [0.25, 0.3) is 11.1 Å². The molecule has 8 heteroatoms. The van der Waals surface area contributed by atoms with E-state index in [4.69, 9.17) is 34.8 Å². The van der Waals surface area contributed by atoms with Crippen molar-refractivity contribution in [3.63, 3.8) is 0 Å². The summed E-state index contributed by atoms with van der Waals surface area (Å²) in [5.41, 5.74) is 2.29. The standard InChI is InChI=1S/C17H12Cl3F2N3/c1-8-15(11-4-3-9(21)5-12(11)18)17(25(2)24-8)23-16-13(19)6-10(22)7-14(16)20/h3-7,23H,1-2H3.